The monoisotopic (exact) mass is 330 g/mol. The van der Waals surface area contributed by atoms with Crippen molar-refractivity contribution in [2.45, 2.75) is 13.0 Å². The molecule has 0 spiro atoms. The van der Waals surface area contributed by atoms with Crippen LogP contribution in [0.3, 0.4) is 0 Å². The fourth-order valence-corrected chi connectivity index (χ4v) is 2.15. The topological polar surface area (TPSA) is 65.0 Å². The number of benzene rings is 2. The van der Waals surface area contributed by atoms with Crippen molar-refractivity contribution in [3.05, 3.63) is 65.7 Å². The molecule has 1 unspecified atom stereocenters. The molecular weight excluding hydrogens is 308 g/mol. The zero-order valence-corrected chi connectivity index (χ0v) is 13.7. The van der Waals surface area contributed by atoms with Gasteiger partial charge in [-0.1, -0.05) is 42.5 Å². The molecule has 128 valence electrons. The molecule has 0 radical (unpaired) electrons. The third kappa shape index (κ3) is 5.68. The minimum absolute atomic E-state index is 0.0700. The summed E-state index contributed by atoms with van der Waals surface area (Å²) < 4.78 is 15.4. The van der Waals surface area contributed by atoms with E-state index in [1.165, 1.54) is 0 Å². The van der Waals surface area contributed by atoms with E-state index in [1.54, 1.807) is 19.1 Å². The summed E-state index contributed by atoms with van der Waals surface area (Å²) in [6.07, 6.45) is -0.659. The van der Waals surface area contributed by atoms with Gasteiger partial charge in [-0.2, -0.15) is 0 Å². The first-order chi connectivity index (χ1) is 11.7. The van der Waals surface area contributed by atoms with Gasteiger partial charge < -0.3 is 19.3 Å². The van der Waals surface area contributed by atoms with Gasteiger partial charge in [0, 0.05) is 0 Å². The van der Waals surface area contributed by atoms with Crippen LogP contribution in [0.4, 0.5) is 0 Å². The summed E-state index contributed by atoms with van der Waals surface area (Å²) in [5, 5.41) is 10.3. The highest BCUT2D eigenvalue weighted by Gasteiger charge is 2.09. The van der Waals surface area contributed by atoms with Gasteiger partial charge >= 0.3 is 5.97 Å². The molecule has 2 aromatic carbocycles. The predicted molar refractivity (Wildman–Crippen MR) is 89.9 cm³/mol. The van der Waals surface area contributed by atoms with Crippen LogP contribution in [0.1, 0.15) is 24.2 Å². The molecule has 5 nitrogen and oxygen atoms in total. The van der Waals surface area contributed by atoms with Crippen molar-refractivity contribution in [3.8, 4) is 5.75 Å². The summed E-state index contributed by atoms with van der Waals surface area (Å²) in [7, 11) is 0. The highest BCUT2D eigenvalue weighted by Crippen LogP contribution is 2.23. The van der Waals surface area contributed by atoms with Crippen LogP contribution in [0.15, 0.2) is 54.6 Å². The predicted octanol–water partition coefficient (Wildman–Crippen LogP) is 2.73. The second-order valence-electron chi connectivity index (χ2n) is 5.09. The Hall–Kier alpha value is -2.37. The van der Waals surface area contributed by atoms with E-state index in [0.717, 1.165) is 11.1 Å². The van der Waals surface area contributed by atoms with E-state index >= 15 is 0 Å². The summed E-state index contributed by atoms with van der Waals surface area (Å²) in [5.74, 6) is 0.301. The molecule has 2 aromatic rings. The van der Waals surface area contributed by atoms with Crippen molar-refractivity contribution in [1.29, 1.82) is 0 Å². The van der Waals surface area contributed by atoms with Crippen LogP contribution in [0, 0.1) is 0 Å². The maximum Gasteiger partial charge on any atom is 0.332 e. The Morgan fingerprint density at radius 1 is 1.00 bits per heavy atom. The van der Waals surface area contributed by atoms with Gasteiger partial charge in [0.15, 0.2) is 0 Å². The fourth-order valence-electron chi connectivity index (χ4n) is 2.15. The lowest BCUT2D eigenvalue weighted by molar-refractivity contribution is -0.148. The molecule has 0 heterocycles. The van der Waals surface area contributed by atoms with E-state index in [0.29, 0.717) is 25.6 Å². The lowest BCUT2D eigenvalue weighted by atomic mass is 10.0. The van der Waals surface area contributed by atoms with Crippen LogP contribution >= 0.6 is 0 Å². The summed E-state index contributed by atoms with van der Waals surface area (Å²) in [5.41, 5.74) is 1.64. The number of esters is 1. The highest BCUT2D eigenvalue weighted by molar-refractivity contribution is 5.70. The first kappa shape index (κ1) is 18.0. The molecule has 0 saturated carbocycles. The van der Waals surface area contributed by atoms with Crippen molar-refractivity contribution in [1.82, 2.24) is 0 Å². The molecule has 2 rings (SSSR count). The van der Waals surface area contributed by atoms with E-state index in [1.807, 2.05) is 42.5 Å². The standard InChI is InChI=1S/C19H22O5/c1-2-23-18(20)14-22-12-13-24-17-10-8-16(9-11-17)19(21)15-6-4-3-5-7-15/h3-11,19,21H,2,12-14H2,1H3. The quantitative estimate of drug-likeness (QED) is 0.566. The molecule has 0 aliphatic rings. The minimum Gasteiger partial charge on any atom is -0.491 e. The molecule has 0 fully saturated rings. The number of rotatable bonds is 9. The number of ether oxygens (including phenoxy) is 3. The van der Waals surface area contributed by atoms with Gasteiger partial charge in [-0.3, -0.25) is 0 Å². The van der Waals surface area contributed by atoms with E-state index in [9.17, 15) is 9.90 Å². The second-order valence-corrected chi connectivity index (χ2v) is 5.09. The Morgan fingerprint density at radius 2 is 1.67 bits per heavy atom. The first-order valence-corrected chi connectivity index (χ1v) is 7.90. The molecule has 0 bridgehead atoms. The second kappa shape index (κ2) is 9.70. The van der Waals surface area contributed by atoms with Gasteiger partial charge in [-0.05, 0) is 30.2 Å². The lowest BCUT2D eigenvalue weighted by Gasteiger charge is -2.12. The molecule has 24 heavy (non-hydrogen) atoms. The maximum atomic E-state index is 11.1. The van der Waals surface area contributed by atoms with E-state index in [-0.39, 0.29) is 12.6 Å². The summed E-state index contributed by atoms with van der Waals surface area (Å²) >= 11 is 0. The third-order valence-corrected chi connectivity index (χ3v) is 3.33. The average molecular weight is 330 g/mol. The summed E-state index contributed by atoms with van der Waals surface area (Å²) in [4.78, 5) is 11.1. The molecule has 0 aliphatic heterocycles. The zero-order valence-electron chi connectivity index (χ0n) is 13.7. The Kier molecular flexibility index (Phi) is 7.26. The van der Waals surface area contributed by atoms with E-state index in [4.69, 9.17) is 14.2 Å². The number of hydrogen-bond donors (Lipinski definition) is 1. The number of hydrogen-bond acceptors (Lipinski definition) is 5. The average Bonchev–Trinajstić information content (AvgIpc) is 2.62. The Bertz CT molecular complexity index is 609. The summed E-state index contributed by atoms with van der Waals surface area (Å²) in [6, 6.07) is 16.7. The smallest absolute Gasteiger partial charge is 0.332 e. The number of carbonyl (C=O) groups excluding carboxylic acids is 1. The van der Waals surface area contributed by atoms with Crippen LogP contribution in [-0.4, -0.2) is 37.5 Å². The number of carbonyl (C=O) groups is 1. The Balaban J connectivity index is 1.75. The SMILES string of the molecule is CCOC(=O)COCCOc1ccc(C(O)c2ccccc2)cc1. The van der Waals surface area contributed by atoms with Gasteiger partial charge in [0.05, 0.1) is 13.2 Å². The fraction of sp³-hybridized carbons (Fsp3) is 0.316. The molecule has 1 atom stereocenters. The Labute approximate surface area is 141 Å². The number of aliphatic hydroxyl groups excluding tert-OH is 1. The summed E-state index contributed by atoms with van der Waals surface area (Å²) in [6.45, 7) is 2.66. The van der Waals surface area contributed by atoms with Gasteiger partial charge in [0.25, 0.3) is 0 Å². The molecule has 0 amide bonds. The van der Waals surface area contributed by atoms with E-state index < -0.39 is 6.10 Å². The van der Waals surface area contributed by atoms with Crippen LogP contribution in [-0.2, 0) is 14.3 Å². The van der Waals surface area contributed by atoms with Gasteiger partial charge in [0.2, 0.25) is 0 Å². The van der Waals surface area contributed by atoms with Crippen LogP contribution in [0.5, 0.6) is 5.75 Å². The number of aliphatic hydroxyl groups is 1. The molecule has 0 aliphatic carbocycles. The highest BCUT2D eigenvalue weighted by atomic mass is 16.6. The third-order valence-electron chi connectivity index (χ3n) is 3.33. The van der Waals surface area contributed by atoms with Gasteiger partial charge in [-0.15, -0.1) is 0 Å². The van der Waals surface area contributed by atoms with Crippen molar-refractivity contribution < 1.29 is 24.1 Å². The van der Waals surface area contributed by atoms with Crippen LogP contribution in [0.25, 0.3) is 0 Å². The Morgan fingerprint density at radius 3 is 2.33 bits per heavy atom. The lowest BCUT2D eigenvalue weighted by Crippen LogP contribution is -2.15. The molecule has 0 saturated heterocycles. The molecule has 0 aromatic heterocycles. The normalized spacial score (nSPS) is 11.8. The largest absolute Gasteiger partial charge is 0.491 e. The minimum atomic E-state index is -0.659. The first-order valence-electron chi connectivity index (χ1n) is 7.90. The van der Waals surface area contributed by atoms with Crippen LogP contribution in [0.2, 0.25) is 0 Å². The van der Waals surface area contributed by atoms with E-state index in [2.05, 4.69) is 0 Å². The van der Waals surface area contributed by atoms with Crippen molar-refractivity contribution in [2.24, 2.45) is 0 Å². The van der Waals surface area contributed by atoms with Crippen molar-refractivity contribution in [2.75, 3.05) is 26.4 Å². The maximum absolute atomic E-state index is 11.1. The zero-order chi connectivity index (χ0) is 17.2. The molecule has 1 N–H and O–H groups in total. The van der Waals surface area contributed by atoms with Gasteiger partial charge in [-0.25, -0.2) is 4.79 Å². The van der Waals surface area contributed by atoms with Crippen molar-refractivity contribution >= 4 is 5.97 Å². The van der Waals surface area contributed by atoms with Gasteiger partial charge in [0.1, 0.15) is 25.1 Å². The molecule has 5 heteroatoms. The molecular formula is C19H22O5. The van der Waals surface area contributed by atoms with Crippen molar-refractivity contribution in [3.63, 3.8) is 0 Å². The van der Waals surface area contributed by atoms with Crippen LogP contribution < -0.4 is 4.74 Å².